The lowest BCUT2D eigenvalue weighted by molar-refractivity contribution is -0.119. The SMILES string of the molecule is CCN(C(=O)c1ccnc(C(=O)N2CCN(C=O)CC2)c1)c1cccc(C)c1. The molecule has 3 amide bonds. The molecule has 0 aliphatic carbocycles. The molecule has 2 aromatic rings. The molecule has 3 rings (SSSR count). The van der Waals surface area contributed by atoms with Gasteiger partial charge in [-0.2, -0.15) is 0 Å². The van der Waals surface area contributed by atoms with E-state index >= 15 is 0 Å². The number of pyridine rings is 1. The molecule has 0 atom stereocenters. The van der Waals surface area contributed by atoms with E-state index in [1.165, 1.54) is 6.20 Å². The molecule has 28 heavy (non-hydrogen) atoms. The number of aromatic nitrogens is 1. The maximum atomic E-state index is 13.0. The van der Waals surface area contributed by atoms with E-state index in [1.807, 2.05) is 38.1 Å². The molecule has 7 nitrogen and oxygen atoms in total. The van der Waals surface area contributed by atoms with Gasteiger partial charge in [0.25, 0.3) is 11.8 Å². The molecule has 7 heteroatoms. The monoisotopic (exact) mass is 380 g/mol. The maximum Gasteiger partial charge on any atom is 0.272 e. The Balaban J connectivity index is 1.79. The first-order chi connectivity index (χ1) is 13.5. The summed E-state index contributed by atoms with van der Waals surface area (Å²) in [5, 5.41) is 0. The van der Waals surface area contributed by atoms with Gasteiger partial charge in [0.15, 0.2) is 0 Å². The highest BCUT2D eigenvalue weighted by Crippen LogP contribution is 2.19. The number of hydrogen-bond donors (Lipinski definition) is 0. The fourth-order valence-electron chi connectivity index (χ4n) is 3.27. The molecule has 0 unspecified atom stereocenters. The molecular formula is C21H24N4O3. The molecule has 0 radical (unpaired) electrons. The fraction of sp³-hybridized carbons (Fsp3) is 0.333. The zero-order chi connectivity index (χ0) is 20.1. The highest BCUT2D eigenvalue weighted by Gasteiger charge is 2.24. The number of anilines is 1. The average Bonchev–Trinajstić information content (AvgIpc) is 2.74. The third kappa shape index (κ3) is 4.19. The molecule has 1 aromatic carbocycles. The number of benzene rings is 1. The molecule has 0 saturated carbocycles. The van der Waals surface area contributed by atoms with Crippen molar-refractivity contribution in [3.63, 3.8) is 0 Å². The number of hydrogen-bond acceptors (Lipinski definition) is 4. The molecular weight excluding hydrogens is 356 g/mol. The summed E-state index contributed by atoms with van der Waals surface area (Å²) < 4.78 is 0. The second-order valence-electron chi connectivity index (χ2n) is 6.75. The van der Waals surface area contributed by atoms with Gasteiger partial charge in [-0.15, -0.1) is 0 Å². The van der Waals surface area contributed by atoms with E-state index in [9.17, 15) is 14.4 Å². The predicted octanol–water partition coefficient (Wildman–Crippen LogP) is 1.97. The van der Waals surface area contributed by atoms with Crippen LogP contribution in [-0.4, -0.2) is 65.7 Å². The molecule has 2 heterocycles. The van der Waals surface area contributed by atoms with E-state index in [2.05, 4.69) is 4.98 Å². The van der Waals surface area contributed by atoms with E-state index in [-0.39, 0.29) is 17.5 Å². The minimum atomic E-state index is -0.223. The van der Waals surface area contributed by atoms with Crippen molar-refractivity contribution < 1.29 is 14.4 Å². The maximum absolute atomic E-state index is 13.0. The van der Waals surface area contributed by atoms with Crippen molar-refractivity contribution in [2.75, 3.05) is 37.6 Å². The molecule has 0 N–H and O–H groups in total. The third-order valence-corrected chi connectivity index (χ3v) is 4.85. The molecule has 0 bridgehead atoms. The van der Waals surface area contributed by atoms with Crippen molar-refractivity contribution in [2.24, 2.45) is 0 Å². The summed E-state index contributed by atoms with van der Waals surface area (Å²) in [5.41, 5.74) is 2.56. The molecule has 1 aromatic heterocycles. The van der Waals surface area contributed by atoms with Crippen LogP contribution in [0.4, 0.5) is 5.69 Å². The summed E-state index contributed by atoms with van der Waals surface area (Å²) in [5.74, 6) is -0.394. The minimum Gasteiger partial charge on any atom is -0.342 e. The van der Waals surface area contributed by atoms with E-state index < -0.39 is 0 Å². The Morgan fingerprint density at radius 3 is 2.54 bits per heavy atom. The average molecular weight is 380 g/mol. The van der Waals surface area contributed by atoms with Gasteiger partial charge in [0.05, 0.1) is 0 Å². The molecule has 1 saturated heterocycles. The molecule has 1 aliphatic rings. The van der Waals surface area contributed by atoms with E-state index in [0.717, 1.165) is 17.7 Å². The molecule has 146 valence electrons. The highest BCUT2D eigenvalue weighted by molar-refractivity contribution is 6.07. The second-order valence-corrected chi connectivity index (χ2v) is 6.75. The lowest BCUT2D eigenvalue weighted by atomic mass is 10.1. The fourth-order valence-corrected chi connectivity index (χ4v) is 3.27. The van der Waals surface area contributed by atoms with Crippen LogP contribution in [-0.2, 0) is 4.79 Å². The largest absolute Gasteiger partial charge is 0.342 e. The number of nitrogens with zero attached hydrogens (tertiary/aromatic N) is 4. The van der Waals surface area contributed by atoms with Crippen LogP contribution in [0.25, 0.3) is 0 Å². The van der Waals surface area contributed by atoms with Gasteiger partial charge in [-0.25, -0.2) is 0 Å². The molecule has 0 spiro atoms. The van der Waals surface area contributed by atoms with Crippen molar-refractivity contribution in [3.8, 4) is 0 Å². The van der Waals surface area contributed by atoms with Crippen molar-refractivity contribution >= 4 is 23.9 Å². The second kappa shape index (κ2) is 8.65. The normalized spacial score (nSPS) is 13.9. The number of amides is 3. The van der Waals surface area contributed by atoms with Gasteiger partial charge in [0.2, 0.25) is 6.41 Å². The number of rotatable bonds is 5. The van der Waals surface area contributed by atoms with Gasteiger partial charge >= 0.3 is 0 Å². The first-order valence-electron chi connectivity index (χ1n) is 9.36. The van der Waals surface area contributed by atoms with Crippen molar-refractivity contribution in [2.45, 2.75) is 13.8 Å². The van der Waals surface area contributed by atoms with Crippen molar-refractivity contribution in [1.29, 1.82) is 0 Å². The Morgan fingerprint density at radius 2 is 1.89 bits per heavy atom. The molecule has 1 fully saturated rings. The Labute approximate surface area is 164 Å². The first kappa shape index (κ1) is 19.5. The number of carbonyl (C=O) groups is 3. The van der Waals surface area contributed by atoms with Crippen LogP contribution in [0.15, 0.2) is 42.6 Å². The van der Waals surface area contributed by atoms with Crippen LogP contribution in [0.5, 0.6) is 0 Å². The van der Waals surface area contributed by atoms with Gasteiger partial charge in [0, 0.05) is 50.2 Å². The third-order valence-electron chi connectivity index (χ3n) is 4.85. The number of aryl methyl sites for hydroxylation is 1. The van der Waals surface area contributed by atoms with Gasteiger partial charge in [-0.05, 0) is 43.7 Å². The van der Waals surface area contributed by atoms with Crippen LogP contribution in [0, 0.1) is 6.92 Å². The summed E-state index contributed by atoms with van der Waals surface area (Å²) >= 11 is 0. The minimum absolute atomic E-state index is 0.171. The summed E-state index contributed by atoms with van der Waals surface area (Å²) in [6, 6.07) is 10.9. The quantitative estimate of drug-likeness (QED) is 0.744. The zero-order valence-electron chi connectivity index (χ0n) is 16.2. The van der Waals surface area contributed by atoms with Crippen LogP contribution in [0.1, 0.15) is 33.3 Å². The smallest absolute Gasteiger partial charge is 0.272 e. The molecule has 1 aliphatic heterocycles. The Hall–Kier alpha value is -3.22. The van der Waals surface area contributed by atoms with Crippen LogP contribution < -0.4 is 4.90 Å². The lowest BCUT2D eigenvalue weighted by Crippen LogP contribution is -2.48. The topological polar surface area (TPSA) is 73.8 Å². The van der Waals surface area contributed by atoms with E-state index in [1.54, 1.807) is 26.8 Å². The van der Waals surface area contributed by atoms with Crippen LogP contribution >= 0.6 is 0 Å². The summed E-state index contributed by atoms with van der Waals surface area (Å²) in [4.78, 5) is 45.8. The van der Waals surface area contributed by atoms with Gasteiger partial charge in [-0.3, -0.25) is 19.4 Å². The Kier molecular flexibility index (Phi) is 6.03. The van der Waals surface area contributed by atoms with Gasteiger partial charge < -0.3 is 14.7 Å². The number of carbonyl (C=O) groups excluding carboxylic acids is 3. The lowest BCUT2D eigenvalue weighted by Gasteiger charge is -2.32. The first-order valence-corrected chi connectivity index (χ1v) is 9.36. The summed E-state index contributed by atoms with van der Waals surface area (Å²) in [7, 11) is 0. The van der Waals surface area contributed by atoms with Crippen LogP contribution in [0.3, 0.4) is 0 Å². The zero-order valence-corrected chi connectivity index (χ0v) is 16.2. The van der Waals surface area contributed by atoms with Crippen molar-refractivity contribution in [1.82, 2.24) is 14.8 Å². The number of piperazine rings is 1. The van der Waals surface area contributed by atoms with Crippen LogP contribution in [0.2, 0.25) is 0 Å². The van der Waals surface area contributed by atoms with Gasteiger partial charge in [0.1, 0.15) is 5.69 Å². The Bertz CT molecular complexity index is 875. The highest BCUT2D eigenvalue weighted by atomic mass is 16.2. The standard InChI is InChI=1S/C21H24N4O3/c1-3-25(18-6-4-5-16(2)13-18)20(27)17-7-8-22-19(14-17)21(28)24-11-9-23(15-26)10-12-24/h4-8,13-15H,3,9-12H2,1-2H3. The predicted molar refractivity (Wildman–Crippen MR) is 106 cm³/mol. The van der Waals surface area contributed by atoms with Crippen molar-refractivity contribution in [3.05, 3.63) is 59.4 Å². The summed E-state index contributed by atoms with van der Waals surface area (Å²) in [6.45, 7) is 6.34. The van der Waals surface area contributed by atoms with E-state index in [4.69, 9.17) is 0 Å². The Morgan fingerprint density at radius 1 is 1.14 bits per heavy atom. The van der Waals surface area contributed by atoms with E-state index in [0.29, 0.717) is 38.3 Å². The summed E-state index contributed by atoms with van der Waals surface area (Å²) in [6.07, 6.45) is 2.29. The van der Waals surface area contributed by atoms with Gasteiger partial charge in [-0.1, -0.05) is 12.1 Å².